The quantitative estimate of drug-likeness (QED) is 0.411. The summed E-state index contributed by atoms with van der Waals surface area (Å²) in [5.41, 5.74) is 1.81. The Balaban J connectivity index is 2.61. The van der Waals surface area contributed by atoms with Gasteiger partial charge < -0.3 is 20.3 Å². The molecule has 3 amide bonds. The molecule has 0 spiro atoms. The first-order valence-electron chi connectivity index (χ1n) is 13.3. The van der Waals surface area contributed by atoms with Crippen LogP contribution in [0, 0.1) is 19.8 Å². The van der Waals surface area contributed by atoms with Crippen LogP contribution in [0.1, 0.15) is 84.5 Å². The van der Waals surface area contributed by atoms with Gasteiger partial charge in [0.05, 0.1) is 0 Å². The maximum Gasteiger partial charge on any atom is 0.408 e. The van der Waals surface area contributed by atoms with Crippen LogP contribution in [0.25, 0.3) is 0 Å². The van der Waals surface area contributed by atoms with Crippen molar-refractivity contribution in [2.75, 3.05) is 5.32 Å². The van der Waals surface area contributed by atoms with Gasteiger partial charge in [0, 0.05) is 11.2 Å². The van der Waals surface area contributed by atoms with Gasteiger partial charge in [-0.3, -0.25) is 9.59 Å². The molecule has 7 nitrogen and oxygen atoms in total. The first-order valence-corrected chi connectivity index (χ1v) is 13.3. The summed E-state index contributed by atoms with van der Waals surface area (Å²) >= 11 is 0. The molecule has 38 heavy (non-hydrogen) atoms. The molecular weight excluding hydrogens is 478 g/mol. The highest BCUT2D eigenvalue weighted by Crippen LogP contribution is 2.33. The maximum atomic E-state index is 14.4. The summed E-state index contributed by atoms with van der Waals surface area (Å²) in [6.07, 6.45) is -0.0179. The number of nitrogens with one attached hydrogen (secondary N) is 2. The van der Waals surface area contributed by atoms with E-state index in [1.165, 1.54) is 0 Å². The second kappa shape index (κ2) is 12.5. The smallest absolute Gasteiger partial charge is 0.408 e. The molecule has 0 bridgehead atoms. The van der Waals surface area contributed by atoms with E-state index in [0.717, 1.165) is 16.8 Å². The zero-order valence-electron chi connectivity index (χ0n) is 24.6. The standard InChI is InChI=1S/C31H45N3O4/c1-11-20(2)25(33-29(37)38-31(8,9)10)28(36)34(30(5,6)7)26(23-18-13-12-14-19-23)27(35)32-24-21(3)16-15-17-22(24)4/h12-20,25-26H,11H2,1-10H3,(H,32,35)(H,33,37). The monoisotopic (exact) mass is 523 g/mol. The third-order valence-corrected chi connectivity index (χ3v) is 6.46. The number of para-hydroxylation sites is 1. The third kappa shape index (κ3) is 8.07. The molecule has 2 aromatic carbocycles. The van der Waals surface area contributed by atoms with Crippen molar-refractivity contribution in [3.05, 3.63) is 65.2 Å². The van der Waals surface area contributed by atoms with E-state index in [9.17, 15) is 14.4 Å². The molecular formula is C31H45N3O4. The van der Waals surface area contributed by atoms with Gasteiger partial charge in [-0.15, -0.1) is 0 Å². The van der Waals surface area contributed by atoms with Gasteiger partial charge in [0.25, 0.3) is 5.91 Å². The highest BCUT2D eigenvalue weighted by atomic mass is 16.6. The van der Waals surface area contributed by atoms with Crippen molar-refractivity contribution in [3.8, 4) is 0 Å². The average Bonchev–Trinajstić information content (AvgIpc) is 2.81. The number of benzene rings is 2. The number of nitrogens with zero attached hydrogens (tertiary/aromatic N) is 1. The number of aryl methyl sites for hydroxylation is 2. The van der Waals surface area contributed by atoms with Gasteiger partial charge in [-0.1, -0.05) is 68.8 Å². The molecule has 208 valence electrons. The zero-order valence-corrected chi connectivity index (χ0v) is 24.6. The maximum absolute atomic E-state index is 14.4. The first-order chi connectivity index (χ1) is 17.6. The number of carbonyl (C=O) groups is 3. The highest BCUT2D eigenvalue weighted by Gasteiger charge is 2.43. The van der Waals surface area contributed by atoms with Crippen molar-refractivity contribution in [1.29, 1.82) is 0 Å². The largest absolute Gasteiger partial charge is 0.444 e. The lowest BCUT2D eigenvalue weighted by molar-refractivity contribution is -0.147. The minimum Gasteiger partial charge on any atom is -0.444 e. The molecule has 0 aliphatic rings. The molecule has 0 saturated carbocycles. The van der Waals surface area contributed by atoms with E-state index in [1.54, 1.807) is 25.7 Å². The molecule has 2 rings (SSSR count). The predicted octanol–water partition coefficient (Wildman–Crippen LogP) is 6.55. The number of ether oxygens (including phenoxy) is 1. The van der Waals surface area contributed by atoms with Crippen molar-refractivity contribution in [2.24, 2.45) is 5.92 Å². The Hall–Kier alpha value is -3.35. The number of carbonyl (C=O) groups excluding carboxylic acids is 3. The Labute approximate surface area is 228 Å². The summed E-state index contributed by atoms with van der Waals surface area (Å²) in [5.74, 6) is -0.863. The van der Waals surface area contributed by atoms with Crippen molar-refractivity contribution >= 4 is 23.6 Å². The Bertz CT molecular complexity index is 1100. The summed E-state index contributed by atoms with van der Waals surface area (Å²) in [4.78, 5) is 42.8. The number of hydrogen-bond acceptors (Lipinski definition) is 4. The second-order valence-electron chi connectivity index (χ2n) is 12.0. The fourth-order valence-electron chi connectivity index (χ4n) is 4.37. The van der Waals surface area contributed by atoms with Crippen LogP contribution in [0.2, 0.25) is 0 Å². The fraction of sp³-hybridized carbons (Fsp3) is 0.516. The van der Waals surface area contributed by atoms with Gasteiger partial charge in [0.1, 0.15) is 17.7 Å². The molecule has 2 N–H and O–H groups in total. The van der Waals surface area contributed by atoms with E-state index in [0.29, 0.717) is 12.0 Å². The number of hydrogen-bond donors (Lipinski definition) is 2. The van der Waals surface area contributed by atoms with Crippen LogP contribution in [0.5, 0.6) is 0 Å². The van der Waals surface area contributed by atoms with E-state index < -0.39 is 29.3 Å². The van der Waals surface area contributed by atoms with Crippen LogP contribution in [0.15, 0.2) is 48.5 Å². The van der Waals surface area contributed by atoms with Crippen LogP contribution < -0.4 is 10.6 Å². The summed E-state index contributed by atoms with van der Waals surface area (Å²) in [6, 6.07) is 13.3. The van der Waals surface area contributed by atoms with Crippen LogP contribution in [-0.2, 0) is 14.3 Å². The summed E-state index contributed by atoms with van der Waals surface area (Å²) in [7, 11) is 0. The van der Waals surface area contributed by atoms with Crippen molar-refractivity contribution < 1.29 is 19.1 Å². The molecule has 0 saturated heterocycles. The molecule has 3 atom stereocenters. The molecule has 0 fully saturated rings. The Kier molecular flexibility index (Phi) is 10.1. The Morgan fingerprint density at radius 1 is 0.895 bits per heavy atom. The Morgan fingerprint density at radius 2 is 1.45 bits per heavy atom. The molecule has 0 aliphatic carbocycles. The second-order valence-corrected chi connectivity index (χ2v) is 12.0. The van der Waals surface area contributed by atoms with Crippen molar-refractivity contribution in [3.63, 3.8) is 0 Å². The molecule has 2 aromatic rings. The van der Waals surface area contributed by atoms with E-state index in [4.69, 9.17) is 4.74 Å². The predicted molar refractivity (Wildman–Crippen MR) is 153 cm³/mol. The normalized spacial score (nSPS) is 14.2. The third-order valence-electron chi connectivity index (χ3n) is 6.46. The first kappa shape index (κ1) is 30.9. The topological polar surface area (TPSA) is 87.7 Å². The molecule has 0 heterocycles. The SMILES string of the molecule is CCC(C)C(NC(=O)OC(C)(C)C)C(=O)N(C(C(=O)Nc1c(C)cccc1C)c1ccccc1)C(C)(C)C. The van der Waals surface area contributed by atoms with Gasteiger partial charge in [-0.25, -0.2) is 4.79 Å². The summed E-state index contributed by atoms with van der Waals surface area (Å²) in [6.45, 7) is 18.8. The van der Waals surface area contributed by atoms with Gasteiger partial charge in [-0.05, 0) is 78.0 Å². The van der Waals surface area contributed by atoms with E-state index in [-0.39, 0.29) is 17.7 Å². The lowest BCUT2D eigenvalue weighted by Crippen LogP contribution is -2.59. The highest BCUT2D eigenvalue weighted by molar-refractivity contribution is 6.00. The fourth-order valence-corrected chi connectivity index (χ4v) is 4.37. The molecule has 0 radical (unpaired) electrons. The van der Waals surface area contributed by atoms with Crippen LogP contribution in [0.3, 0.4) is 0 Å². The van der Waals surface area contributed by atoms with Gasteiger partial charge in [0.2, 0.25) is 5.91 Å². The summed E-state index contributed by atoms with van der Waals surface area (Å²) < 4.78 is 5.48. The minimum atomic E-state index is -0.935. The Morgan fingerprint density at radius 3 is 1.92 bits per heavy atom. The lowest BCUT2D eigenvalue weighted by atomic mass is 9.91. The lowest BCUT2D eigenvalue weighted by Gasteiger charge is -2.44. The molecule has 0 aliphatic heterocycles. The van der Waals surface area contributed by atoms with Crippen molar-refractivity contribution in [1.82, 2.24) is 10.2 Å². The van der Waals surface area contributed by atoms with E-state index >= 15 is 0 Å². The van der Waals surface area contributed by atoms with E-state index in [2.05, 4.69) is 10.6 Å². The van der Waals surface area contributed by atoms with Crippen LogP contribution in [0.4, 0.5) is 10.5 Å². The molecule has 3 unspecified atom stereocenters. The molecule has 0 aromatic heterocycles. The van der Waals surface area contributed by atoms with Crippen molar-refractivity contribution in [2.45, 2.75) is 98.9 Å². The minimum absolute atomic E-state index is 0.196. The van der Waals surface area contributed by atoms with Gasteiger partial charge in [-0.2, -0.15) is 0 Å². The number of rotatable bonds is 8. The van der Waals surface area contributed by atoms with E-state index in [1.807, 2.05) is 97.0 Å². The van der Waals surface area contributed by atoms with Crippen LogP contribution in [-0.4, -0.2) is 40.0 Å². The summed E-state index contributed by atoms with van der Waals surface area (Å²) in [5, 5.41) is 5.90. The zero-order chi connectivity index (χ0) is 28.8. The molecule has 7 heteroatoms. The van der Waals surface area contributed by atoms with Gasteiger partial charge in [0.15, 0.2) is 0 Å². The average molecular weight is 524 g/mol. The number of amides is 3. The number of alkyl carbamates (subject to hydrolysis) is 1. The van der Waals surface area contributed by atoms with Gasteiger partial charge >= 0.3 is 6.09 Å². The number of anilines is 1. The van der Waals surface area contributed by atoms with Crippen LogP contribution >= 0.6 is 0 Å².